The molecule has 1 saturated heterocycles. The quantitative estimate of drug-likeness (QED) is 0.498. The van der Waals surface area contributed by atoms with E-state index in [1.165, 1.54) is 10.4 Å². The molecule has 1 fully saturated rings. The Hall–Kier alpha value is -2.99. The van der Waals surface area contributed by atoms with E-state index in [0.29, 0.717) is 13.1 Å². The van der Waals surface area contributed by atoms with Crippen LogP contribution in [0.25, 0.3) is 21.0 Å². The number of aryl methyl sites for hydroxylation is 2. The molecule has 1 aliphatic heterocycles. The van der Waals surface area contributed by atoms with E-state index in [0.717, 1.165) is 45.5 Å². The summed E-state index contributed by atoms with van der Waals surface area (Å²) >= 11 is 1.72. The number of nitrogens with zero attached hydrogens (tertiary/aromatic N) is 4. The summed E-state index contributed by atoms with van der Waals surface area (Å²) in [6, 6.07) is 14.1. The van der Waals surface area contributed by atoms with Crippen LogP contribution in [0.2, 0.25) is 0 Å². The minimum atomic E-state index is 0.103. The zero-order chi connectivity index (χ0) is 20.0. The molecule has 0 atom stereocenters. The van der Waals surface area contributed by atoms with Gasteiger partial charge in [0.15, 0.2) is 0 Å². The number of thiophene rings is 1. The molecule has 1 amide bonds. The Morgan fingerprint density at radius 3 is 2.52 bits per heavy atom. The van der Waals surface area contributed by atoms with Gasteiger partial charge in [0.25, 0.3) is 5.91 Å². The smallest absolute Gasteiger partial charge is 0.253 e. The maximum Gasteiger partial charge on any atom is 0.253 e. The van der Waals surface area contributed by atoms with Crippen molar-refractivity contribution in [2.45, 2.75) is 13.8 Å². The van der Waals surface area contributed by atoms with Gasteiger partial charge in [-0.1, -0.05) is 30.3 Å². The molecule has 3 heterocycles. The van der Waals surface area contributed by atoms with E-state index < -0.39 is 0 Å². The van der Waals surface area contributed by atoms with Crippen LogP contribution in [0.3, 0.4) is 0 Å². The predicted molar refractivity (Wildman–Crippen MR) is 119 cm³/mol. The highest BCUT2D eigenvalue weighted by Gasteiger charge is 2.25. The number of carbonyl (C=O) groups excluding carboxylic acids is 1. The van der Waals surface area contributed by atoms with Crippen LogP contribution < -0.4 is 4.90 Å². The molecule has 0 radical (unpaired) electrons. The normalized spacial score (nSPS) is 14.7. The van der Waals surface area contributed by atoms with Crippen LogP contribution in [0, 0.1) is 13.8 Å². The summed E-state index contributed by atoms with van der Waals surface area (Å²) in [5, 5.41) is 3.41. The average Bonchev–Trinajstić information content (AvgIpc) is 3.07. The molecule has 0 bridgehead atoms. The lowest BCUT2D eigenvalue weighted by molar-refractivity contribution is 0.0747. The Labute approximate surface area is 173 Å². The Balaban J connectivity index is 1.35. The Morgan fingerprint density at radius 2 is 1.72 bits per heavy atom. The van der Waals surface area contributed by atoms with Crippen LogP contribution in [0.1, 0.15) is 20.8 Å². The van der Waals surface area contributed by atoms with Crippen LogP contribution in [0.15, 0.2) is 48.8 Å². The molecule has 4 aromatic rings. The molecule has 2 aromatic heterocycles. The zero-order valence-corrected chi connectivity index (χ0v) is 17.4. The van der Waals surface area contributed by atoms with Gasteiger partial charge in [-0.15, -0.1) is 11.3 Å². The zero-order valence-electron chi connectivity index (χ0n) is 16.6. The first kappa shape index (κ1) is 18.1. The minimum Gasteiger partial charge on any atom is -0.352 e. The largest absolute Gasteiger partial charge is 0.352 e. The van der Waals surface area contributed by atoms with E-state index in [1.54, 1.807) is 17.7 Å². The number of fused-ring (bicyclic) bond motifs is 2. The van der Waals surface area contributed by atoms with Crippen molar-refractivity contribution in [3.05, 3.63) is 64.8 Å². The molecule has 1 aliphatic rings. The van der Waals surface area contributed by atoms with Crippen molar-refractivity contribution in [1.29, 1.82) is 0 Å². The van der Waals surface area contributed by atoms with E-state index in [1.807, 2.05) is 35.2 Å². The predicted octanol–water partition coefficient (Wildman–Crippen LogP) is 4.42. The summed E-state index contributed by atoms with van der Waals surface area (Å²) < 4.78 is 0. The van der Waals surface area contributed by atoms with Crippen molar-refractivity contribution in [1.82, 2.24) is 14.9 Å². The third-order valence-corrected chi connectivity index (χ3v) is 6.92. The second-order valence-electron chi connectivity index (χ2n) is 7.50. The van der Waals surface area contributed by atoms with Crippen molar-refractivity contribution in [2.75, 3.05) is 31.1 Å². The van der Waals surface area contributed by atoms with Crippen LogP contribution >= 0.6 is 11.3 Å². The van der Waals surface area contributed by atoms with Crippen LogP contribution in [-0.4, -0.2) is 47.0 Å². The molecule has 5 nitrogen and oxygen atoms in total. The van der Waals surface area contributed by atoms with Gasteiger partial charge >= 0.3 is 0 Å². The summed E-state index contributed by atoms with van der Waals surface area (Å²) in [6.07, 6.45) is 1.65. The molecule has 0 N–H and O–H groups in total. The number of rotatable bonds is 2. The number of amides is 1. The van der Waals surface area contributed by atoms with E-state index in [9.17, 15) is 4.79 Å². The molecule has 146 valence electrons. The van der Waals surface area contributed by atoms with Crippen LogP contribution in [0.4, 0.5) is 5.82 Å². The fourth-order valence-corrected chi connectivity index (χ4v) is 5.02. The number of carbonyl (C=O) groups is 1. The van der Waals surface area contributed by atoms with Gasteiger partial charge in [0.05, 0.1) is 5.39 Å². The number of piperazine rings is 1. The van der Waals surface area contributed by atoms with Crippen molar-refractivity contribution in [2.24, 2.45) is 0 Å². The monoisotopic (exact) mass is 402 g/mol. The van der Waals surface area contributed by atoms with Gasteiger partial charge < -0.3 is 9.80 Å². The summed E-state index contributed by atoms with van der Waals surface area (Å²) in [6.45, 7) is 7.21. The van der Waals surface area contributed by atoms with Gasteiger partial charge in [0.2, 0.25) is 0 Å². The number of hydrogen-bond donors (Lipinski definition) is 0. The first-order chi connectivity index (χ1) is 14.1. The number of hydrogen-bond acceptors (Lipinski definition) is 5. The second-order valence-corrected chi connectivity index (χ2v) is 8.71. The fraction of sp³-hybridized carbons (Fsp3) is 0.261. The summed E-state index contributed by atoms with van der Waals surface area (Å²) in [4.78, 5) is 28.6. The molecular weight excluding hydrogens is 380 g/mol. The van der Waals surface area contributed by atoms with E-state index in [4.69, 9.17) is 0 Å². The van der Waals surface area contributed by atoms with Crippen molar-refractivity contribution < 1.29 is 4.79 Å². The molecule has 0 spiro atoms. The first-order valence-corrected chi connectivity index (χ1v) is 10.7. The second kappa shape index (κ2) is 7.12. The van der Waals surface area contributed by atoms with Gasteiger partial charge in [0, 0.05) is 36.6 Å². The average molecular weight is 403 g/mol. The Morgan fingerprint density at radius 1 is 0.966 bits per heavy atom. The van der Waals surface area contributed by atoms with Gasteiger partial charge in [-0.3, -0.25) is 4.79 Å². The van der Waals surface area contributed by atoms with Gasteiger partial charge in [-0.2, -0.15) is 0 Å². The standard InChI is InChI=1S/C23H22N4OS/c1-15-16(2)29-22-20(15)21(24-14-25-22)26-9-11-27(12-10-26)23(28)19-8-7-17-5-3-4-6-18(17)13-19/h3-8,13-14H,9-12H2,1-2H3. The lowest BCUT2D eigenvalue weighted by atomic mass is 10.1. The maximum atomic E-state index is 13.0. The SMILES string of the molecule is Cc1sc2ncnc(N3CCN(C(=O)c4ccc5ccccc5c4)CC3)c2c1C. The highest BCUT2D eigenvalue weighted by atomic mass is 32.1. The Bertz CT molecular complexity index is 1220. The number of anilines is 1. The molecule has 0 unspecified atom stereocenters. The number of aromatic nitrogens is 2. The summed E-state index contributed by atoms with van der Waals surface area (Å²) in [5.74, 6) is 1.10. The third-order valence-electron chi connectivity index (χ3n) is 5.81. The number of benzene rings is 2. The van der Waals surface area contributed by atoms with Gasteiger partial charge in [-0.05, 0) is 42.3 Å². The van der Waals surface area contributed by atoms with Crippen molar-refractivity contribution in [3.8, 4) is 0 Å². The Kier molecular flexibility index (Phi) is 4.43. The van der Waals surface area contributed by atoms with Crippen LogP contribution in [0.5, 0.6) is 0 Å². The lowest BCUT2D eigenvalue weighted by Crippen LogP contribution is -2.49. The highest BCUT2D eigenvalue weighted by Crippen LogP contribution is 2.34. The van der Waals surface area contributed by atoms with E-state index in [-0.39, 0.29) is 5.91 Å². The first-order valence-electron chi connectivity index (χ1n) is 9.85. The topological polar surface area (TPSA) is 49.3 Å². The third kappa shape index (κ3) is 3.13. The van der Waals surface area contributed by atoms with Crippen molar-refractivity contribution >= 4 is 44.1 Å². The molecule has 6 heteroatoms. The fourth-order valence-electron chi connectivity index (χ4n) is 4.03. The van der Waals surface area contributed by atoms with Gasteiger partial charge in [-0.25, -0.2) is 9.97 Å². The minimum absolute atomic E-state index is 0.103. The summed E-state index contributed by atoms with van der Waals surface area (Å²) in [7, 11) is 0. The lowest BCUT2D eigenvalue weighted by Gasteiger charge is -2.35. The van der Waals surface area contributed by atoms with Crippen molar-refractivity contribution in [3.63, 3.8) is 0 Å². The van der Waals surface area contributed by atoms with E-state index in [2.05, 4.69) is 40.8 Å². The summed E-state index contributed by atoms with van der Waals surface area (Å²) in [5.41, 5.74) is 2.01. The molecule has 29 heavy (non-hydrogen) atoms. The highest BCUT2D eigenvalue weighted by molar-refractivity contribution is 7.18. The molecular formula is C23H22N4OS. The molecule has 5 rings (SSSR count). The van der Waals surface area contributed by atoms with E-state index >= 15 is 0 Å². The molecule has 2 aromatic carbocycles. The molecule has 0 saturated carbocycles. The van der Waals surface area contributed by atoms with Crippen LogP contribution in [-0.2, 0) is 0 Å². The van der Waals surface area contributed by atoms with Gasteiger partial charge in [0.1, 0.15) is 17.0 Å². The maximum absolute atomic E-state index is 13.0. The molecule has 0 aliphatic carbocycles.